The molecule has 1 amide bonds. The van der Waals surface area contributed by atoms with Crippen molar-refractivity contribution < 1.29 is 27.8 Å². The largest absolute Gasteiger partial charge is 0.573 e. The molecular weight excluding hydrogens is 437 g/mol. The van der Waals surface area contributed by atoms with Crippen molar-refractivity contribution in [3.05, 3.63) is 41.2 Å². The maximum Gasteiger partial charge on any atom is 0.573 e. The number of ether oxygens (including phenoxy) is 1. The number of aliphatic hydroxyl groups is 1. The van der Waals surface area contributed by atoms with Gasteiger partial charge in [-0.25, -0.2) is 4.68 Å². The number of amides is 1. The summed E-state index contributed by atoms with van der Waals surface area (Å²) in [6.45, 7) is 5.88. The van der Waals surface area contributed by atoms with Crippen LogP contribution < -0.4 is 4.74 Å². The van der Waals surface area contributed by atoms with Gasteiger partial charge >= 0.3 is 6.36 Å². The van der Waals surface area contributed by atoms with Crippen molar-refractivity contribution in [1.82, 2.24) is 19.6 Å². The first-order chi connectivity index (χ1) is 15.7. The van der Waals surface area contributed by atoms with E-state index in [1.807, 2.05) is 4.90 Å². The number of rotatable bonds is 5. The van der Waals surface area contributed by atoms with E-state index in [0.29, 0.717) is 41.8 Å². The van der Waals surface area contributed by atoms with Crippen LogP contribution in [0.15, 0.2) is 24.3 Å². The first-order valence-corrected chi connectivity index (χ1v) is 11.3. The molecule has 1 N–H and O–H groups in total. The Morgan fingerprint density at radius 3 is 2.58 bits per heavy atom. The van der Waals surface area contributed by atoms with Gasteiger partial charge in [-0.2, -0.15) is 5.10 Å². The summed E-state index contributed by atoms with van der Waals surface area (Å²) in [7, 11) is 0. The second-order valence-corrected chi connectivity index (χ2v) is 8.74. The predicted molar refractivity (Wildman–Crippen MR) is 115 cm³/mol. The van der Waals surface area contributed by atoms with E-state index in [9.17, 15) is 23.1 Å². The fourth-order valence-electron chi connectivity index (χ4n) is 5.11. The van der Waals surface area contributed by atoms with Gasteiger partial charge in [0, 0.05) is 31.2 Å². The Bertz CT molecular complexity index is 999. The molecule has 2 saturated heterocycles. The van der Waals surface area contributed by atoms with Gasteiger partial charge in [0.1, 0.15) is 5.75 Å². The summed E-state index contributed by atoms with van der Waals surface area (Å²) in [5, 5.41) is 14.0. The number of aromatic nitrogens is 2. The molecule has 7 nitrogen and oxygen atoms in total. The summed E-state index contributed by atoms with van der Waals surface area (Å²) in [5.41, 5.74) is 1.97. The van der Waals surface area contributed by atoms with Crippen LogP contribution in [0.3, 0.4) is 0 Å². The van der Waals surface area contributed by atoms with Crippen molar-refractivity contribution in [1.29, 1.82) is 0 Å². The molecule has 2 aliphatic rings. The molecule has 1 aromatic heterocycles. The van der Waals surface area contributed by atoms with E-state index in [1.54, 1.807) is 19.9 Å². The molecule has 0 spiro atoms. The molecule has 1 atom stereocenters. The molecule has 3 heterocycles. The van der Waals surface area contributed by atoms with Crippen molar-refractivity contribution in [3.8, 4) is 11.4 Å². The average molecular weight is 467 g/mol. The van der Waals surface area contributed by atoms with E-state index < -0.39 is 6.36 Å². The number of aliphatic hydroxyl groups excluding tert-OH is 1. The molecule has 2 aromatic rings. The van der Waals surface area contributed by atoms with Crippen molar-refractivity contribution in [3.63, 3.8) is 0 Å². The minimum atomic E-state index is -4.78. The van der Waals surface area contributed by atoms with Gasteiger partial charge in [0.05, 0.1) is 29.2 Å². The minimum Gasteiger partial charge on any atom is -0.406 e. The van der Waals surface area contributed by atoms with Crippen molar-refractivity contribution in [2.45, 2.75) is 58.0 Å². The zero-order chi connectivity index (χ0) is 23.8. The lowest BCUT2D eigenvalue weighted by molar-refractivity contribution is -0.274. The number of nitrogens with zero attached hydrogens (tertiary/aromatic N) is 4. The van der Waals surface area contributed by atoms with Gasteiger partial charge in [0.15, 0.2) is 0 Å². The highest BCUT2D eigenvalue weighted by atomic mass is 19.4. The lowest BCUT2D eigenvalue weighted by Gasteiger charge is -2.39. The monoisotopic (exact) mass is 466 g/mol. The van der Waals surface area contributed by atoms with Crippen LogP contribution >= 0.6 is 0 Å². The molecular formula is C23H29F3N4O3. The Kier molecular flexibility index (Phi) is 6.67. The third-order valence-electron chi connectivity index (χ3n) is 6.66. The first kappa shape index (κ1) is 23.6. The van der Waals surface area contributed by atoms with Gasteiger partial charge in [0.2, 0.25) is 0 Å². The summed E-state index contributed by atoms with van der Waals surface area (Å²) >= 11 is 0. The quantitative estimate of drug-likeness (QED) is 0.731. The molecule has 180 valence electrons. The zero-order valence-corrected chi connectivity index (χ0v) is 18.8. The number of likely N-dealkylation sites (tertiary alicyclic amines) is 2. The number of alkyl halides is 3. The Morgan fingerprint density at radius 2 is 1.91 bits per heavy atom. The van der Waals surface area contributed by atoms with Gasteiger partial charge < -0.3 is 14.7 Å². The summed E-state index contributed by atoms with van der Waals surface area (Å²) in [6.07, 6.45) is -0.969. The molecule has 1 unspecified atom stereocenters. The van der Waals surface area contributed by atoms with Gasteiger partial charge in [-0.3, -0.25) is 9.69 Å². The molecule has 0 radical (unpaired) electrons. The number of benzene rings is 1. The third-order valence-corrected chi connectivity index (χ3v) is 6.66. The number of piperidine rings is 1. The predicted octanol–water partition coefficient (Wildman–Crippen LogP) is 3.45. The molecule has 4 rings (SSSR count). The second kappa shape index (κ2) is 9.34. The molecule has 2 aliphatic heterocycles. The summed E-state index contributed by atoms with van der Waals surface area (Å²) in [6, 6.07) is 6.14. The average Bonchev–Trinajstić information content (AvgIpc) is 3.36. The van der Waals surface area contributed by atoms with Gasteiger partial charge in [0.25, 0.3) is 5.91 Å². The lowest BCUT2D eigenvalue weighted by Crippen LogP contribution is -2.49. The van der Waals surface area contributed by atoms with Gasteiger partial charge in [-0.15, -0.1) is 13.2 Å². The number of carbonyl (C=O) groups excluding carboxylic acids is 1. The maximum absolute atomic E-state index is 13.3. The van der Waals surface area contributed by atoms with Crippen LogP contribution in [0, 0.1) is 13.8 Å². The number of aryl methyl sites for hydroxylation is 1. The molecule has 0 saturated carbocycles. The van der Waals surface area contributed by atoms with Crippen LogP contribution in [0.25, 0.3) is 5.69 Å². The molecule has 1 aromatic carbocycles. The number of halogens is 3. The molecule has 0 bridgehead atoms. The van der Waals surface area contributed by atoms with Gasteiger partial charge in [-0.1, -0.05) is 6.07 Å². The fraction of sp³-hybridized carbons (Fsp3) is 0.565. The van der Waals surface area contributed by atoms with Crippen LogP contribution in [0.1, 0.15) is 47.4 Å². The first-order valence-electron chi connectivity index (χ1n) is 11.3. The fourth-order valence-corrected chi connectivity index (χ4v) is 5.11. The van der Waals surface area contributed by atoms with Crippen LogP contribution in [-0.2, 0) is 0 Å². The molecule has 0 aliphatic carbocycles. The van der Waals surface area contributed by atoms with E-state index in [2.05, 4.69) is 14.7 Å². The Morgan fingerprint density at radius 1 is 1.18 bits per heavy atom. The van der Waals surface area contributed by atoms with Crippen LogP contribution in [0.4, 0.5) is 13.2 Å². The Labute approximate surface area is 190 Å². The van der Waals surface area contributed by atoms with E-state index >= 15 is 0 Å². The van der Waals surface area contributed by atoms with Crippen molar-refractivity contribution >= 4 is 5.91 Å². The smallest absolute Gasteiger partial charge is 0.406 e. The summed E-state index contributed by atoms with van der Waals surface area (Å²) in [4.78, 5) is 17.5. The topological polar surface area (TPSA) is 70.8 Å². The molecule has 2 fully saturated rings. The minimum absolute atomic E-state index is 0.113. The highest BCUT2D eigenvalue weighted by Crippen LogP contribution is 2.29. The number of hydrogen-bond acceptors (Lipinski definition) is 5. The van der Waals surface area contributed by atoms with Crippen LogP contribution in [-0.4, -0.2) is 75.3 Å². The third kappa shape index (κ3) is 5.01. The Balaban J connectivity index is 1.48. The van der Waals surface area contributed by atoms with Crippen molar-refractivity contribution in [2.75, 3.05) is 26.2 Å². The summed E-state index contributed by atoms with van der Waals surface area (Å²) in [5.74, 6) is -0.455. The number of carbonyl (C=O) groups is 1. The zero-order valence-electron chi connectivity index (χ0n) is 18.8. The highest BCUT2D eigenvalue weighted by Gasteiger charge is 2.35. The molecule has 10 heteroatoms. The summed E-state index contributed by atoms with van der Waals surface area (Å²) < 4.78 is 43.3. The number of hydrogen-bond donors (Lipinski definition) is 1. The van der Waals surface area contributed by atoms with Crippen LogP contribution in [0.2, 0.25) is 0 Å². The van der Waals surface area contributed by atoms with Crippen LogP contribution in [0.5, 0.6) is 5.75 Å². The van der Waals surface area contributed by atoms with Crippen molar-refractivity contribution in [2.24, 2.45) is 0 Å². The standard InChI is InChI=1S/C23H29F3N4O3/c1-15-21(16(2)30(27-15)18-5-3-7-20(13-18)33-23(24,25)26)22(32)28-11-8-17(9-12-28)29-10-4-6-19(29)14-31/h3,5,7,13,17,19,31H,4,6,8-12,14H2,1-2H3. The van der Waals surface area contributed by atoms with E-state index in [1.165, 1.54) is 22.9 Å². The van der Waals surface area contributed by atoms with E-state index in [4.69, 9.17) is 0 Å². The maximum atomic E-state index is 13.3. The van der Waals surface area contributed by atoms with E-state index in [-0.39, 0.29) is 24.3 Å². The Hall–Kier alpha value is -2.59. The van der Waals surface area contributed by atoms with Gasteiger partial charge in [-0.05, 0) is 58.2 Å². The molecule has 33 heavy (non-hydrogen) atoms. The second-order valence-electron chi connectivity index (χ2n) is 8.74. The normalized spacial score (nSPS) is 20.4. The lowest BCUT2D eigenvalue weighted by atomic mass is 10.0. The highest BCUT2D eigenvalue weighted by molar-refractivity contribution is 5.96. The SMILES string of the molecule is Cc1nn(-c2cccc(OC(F)(F)F)c2)c(C)c1C(=O)N1CCC(N2CCCC2CO)CC1. The van der Waals surface area contributed by atoms with E-state index in [0.717, 1.165) is 32.2 Å².